The third-order valence-electron chi connectivity index (χ3n) is 5.36. The van der Waals surface area contributed by atoms with Crippen LogP contribution < -0.4 is 20.5 Å². The first-order valence-electron chi connectivity index (χ1n) is 10.7. The van der Waals surface area contributed by atoms with Crippen LogP contribution in [0.25, 0.3) is 10.9 Å². The van der Waals surface area contributed by atoms with Crippen molar-refractivity contribution in [2.24, 2.45) is 5.73 Å². The van der Waals surface area contributed by atoms with Crippen molar-refractivity contribution in [3.05, 3.63) is 47.5 Å². The predicted octanol–water partition coefficient (Wildman–Crippen LogP) is 5.46. The zero-order chi connectivity index (χ0) is 26.5. The Labute approximate surface area is 208 Å². The van der Waals surface area contributed by atoms with Crippen molar-refractivity contribution in [1.29, 1.82) is 0 Å². The zero-order valence-corrected chi connectivity index (χ0v) is 19.7. The topological polar surface area (TPSA) is 120 Å². The van der Waals surface area contributed by atoms with Crippen LogP contribution in [0.5, 0.6) is 11.5 Å². The maximum atomic E-state index is 13.4. The monoisotopic (exact) mass is 530 g/mol. The second kappa shape index (κ2) is 11.6. The van der Waals surface area contributed by atoms with Gasteiger partial charge >= 0.3 is 12.1 Å². The van der Waals surface area contributed by atoms with Crippen LogP contribution in [0.15, 0.2) is 36.7 Å². The number of methoxy groups -OCH3 is 1. The Hall–Kier alpha value is -3.38. The molecule has 0 unspecified atom stereocenters. The fourth-order valence-electron chi connectivity index (χ4n) is 3.51. The first-order chi connectivity index (χ1) is 17.0. The minimum Gasteiger partial charge on any atom is -0.493 e. The summed E-state index contributed by atoms with van der Waals surface area (Å²) in [7, 11) is 1.60. The molecule has 13 heteroatoms. The summed E-state index contributed by atoms with van der Waals surface area (Å²) in [5.41, 5.74) is 7.32. The average molecular weight is 531 g/mol. The van der Waals surface area contributed by atoms with Crippen LogP contribution in [0.4, 0.5) is 29.1 Å². The molecule has 4 rings (SSSR count). The van der Waals surface area contributed by atoms with Crippen molar-refractivity contribution >= 4 is 40.0 Å². The summed E-state index contributed by atoms with van der Waals surface area (Å²) < 4.78 is 56.9. The summed E-state index contributed by atoms with van der Waals surface area (Å²) in [6.45, 7) is 0. The summed E-state index contributed by atoms with van der Waals surface area (Å²) >= 11 is 5.89. The number of nitrogens with two attached hydrogens (primary N) is 1. The molecule has 4 N–H and O–H groups in total. The first kappa shape index (κ1) is 27.2. The predicted molar refractivity (Wildman–Crippen MR) is 125 cm³/mol. The third-order valence-corrected chi connectivity index (χ3v) is 5.65. The first-order valence-corrected chi connectivity index (χ1v) is 11.1. The Morgan fingerprint density at radius 3 is 2.39 bits per heavy atom. The number of benzene rings is 2. The molecule has 36 heavy (non-hydrogen) atoms. The molecular weight excluding hydrogens is 508 g/mol. The van der Waals surface area contributed by atoms with Crippen LogP contribution in [0, 0.1) is 5.82 Å². The van der Waals surface area contributed by atoms with E-state index in [1.54, 1.807) is 13.2 Å². The summed E-state index contributed by atoms with van der Waals surface area (Å²) in [5, 5.41) is 11.1. The second-order valence-electron chi connectivity index (χ2n) is 7.95. The number of aromatic nitrogens is 2. The number of halogens is 5. The molecule has 1 fully saturated rings. The molecule has 1 saturated carbocycles. The smallest absolute Gasteiger partial charge is 0.490 e. The Kier molecular flexibility index (Phi) is 8.75. The van der Waals surface area contributed by atoms with E-state index in [2.05, 4.69) is 15.3 Å². The number of rotatable bonds is 5. The molecule has 0 spiro atoms. The Balaban J connectivity index is 0.000000454. The molecule has 0 saturated heterocycles. The van der Waals surface area contributed by atoms with Gasteiger partial charge in [0.05, 0.1) is 23.8 Å². The molecule has 8 nitrogen and oxygen atoms in total. The molecule has 0 bridgehead atoms. The number of carboxylic acid groups (broad SMARTS) is 1. The molecule has 2 aromatic carbocycles. The van der Waals surface area contributed by atoms with E-state index < -0.39 is 18.0 Å². The minimum absolute atomic E-state index is 0.0366. The third kappa shape index (κ3) is 7.08. The number of hydrogen-bond acceptors (Lipinski definition) is 7. The number of aliphatic carboxylic acids is 1. The number of alkyl halides is 3. The van der Waals surface area contributed by atoms with E-state index in [0.29, 0.717) is 28.5 Å². The van der Waals surface area contributed by atoms with Crippen LogP contribution in [0.3, 0.4) is 0 Å². The number of fused-ring (bicyclic) bond motifs is 1. The number of carbonyl (C=O) groups is 1. The molecule has 0 atom stereocenters. The fourth-order valence-corrected chi connectivity index (χ4v) is 3.69. The average Bonchev–Trinajstić information content (AvgIpc) is 2.82. The molecular formula is C23H23ClF4N4O4. The number of ether oxygens (including phenoxy) is 2. The van der Waals surface area contributed by atoms with Gasteiger partial charge in [0.15, 0.2) is 11.5 Å². The van der Waals surface area contributed by atoms with Gasteiger partial charge in [-0.05, 0) is 49.9 Å². The van der Waals surface area contributed by atoms with Crippen molar-refractivity contribution in [1.82, 2.24) is 9.97 Å². The minimum atomic E-state index is -5.08. The molecule has 1 aromatic heterocycles. The number of nitrogens with zero attached hydrogens (tertiary/aromatic N) is 2. The SMILES string of the molecule is COc1cc2ncnc(Nc3ccc(F)c(Cl)c3)c2cc1O[C@H]1CC[C@@H](N)CC1.O=C(O)C(F)(F)F. The molecule has 0 aliphatic heterocycles. The highest BCUT2D eigenvalue weighted by Gasteiger charge is 2.38. The summed E-state index contributed by atoms with van der Waals surface area (Å²) in [5.74, 6) is -1.42. The number of hydrogen-bond donors (Lipinski definition) is 3. The van der Waals surface area contributed by atoms with Crippen molar-refractivity contribution in [3.63, 3.8) is 0 Å². The molecule has 194 valence electrons. The lowest BCUT2D eigenvalue weighted by molar-refractivity contribution is -0.192. The summed E-state index contributed by atoms with van der Waals surface area (Å²) in [6.07, 6.45) is 0.180. The highest BCUT2D eigenvalue weighted by molar-refractivity contribution is 6.31. The van der Waals surface area contributed by atoms with Crippen LogP contribution >= 0.6 is 11.6 Å². The van der Waals surface area contributed by atoms with E-state index in [1.807, 2.05) is 12.1 Å². The molecule has 1 heterocycles. The van der Waals surface area contributed by atoms with Crippen molar-refractivity contribution in [2.45, 2.75) is 44.0 Å². The van der Waals surface area contributed by atoms with Gasteiger partial charge in [-0.2, -0.15) is 13.2 Å². The van der Waals surface area contributed by atoms with Crippen LogP contribution in [0.2, 0.25) is 5.02 Å². The lowest BCUT2D eigenvalue weighted by Crippen LogP contribution is -2.31. The van der Waals surface area contributed by atoms with E-state index in [-0.39, 0.29) is 17.2 Å². The normalized spacial score (nSPS) is 17.6. The number of nitrogens with one attached hydrogen (secondary N) is 1. The van der Waals surface area contributed by atoms with Gasteiger partial charge in [0.2, 0.25) is 0 Å². The lowest BCUT2D eigenvalue weighted by Gasteiger charge is -2.27. The fraction of sp³-hybridized carbons (Fsp3) is 0.348. The standard InChI is InChI=1S/C21H22ClFN4O2.C2HF3O2/c1-28-19-10-18-15(9-20(19)29-14-5-2-12(24)3-6-14)21(26-11-25-18)27-13-4-7-17(23)16(22)8-13;3-2(4,5)1(6)7/h4,7-12,14H,2-3,5-6,24H2,1H3,(H,25,26,27);(H,6,7)/t12-,14+;. The van der Waals surface area contributed by atoms with Crippen molar-refractivity contribution in [2.75, 3.05) is 12.4 Å². The Bertz CT molecular complexity index is 1220. The van der Waals surface area contributed by atoms with E-state index in [0.717, 1.165) is 31.1 Å². The molecule has 0 amide bonds. The van der Waals surface area contributed by atoms with Crippen molar-refractivity contribution in [3.8, 4) is 11.5 Å². The number of carboxylic acids is 1. The van der Waals surface area contributed by atoms with Crippen LogP contribution in [0.1, 0.15) is 25.7 Å². The van der Waals surface area contributed by atoms with Crippen molar-refractivity contribution < 1.29 is 36.9 Å². The molecule has 0 radical (unpaired) electrons. The molecule has 3 aromatic rings. The highest BCUT2D eigenvalue weighted by Crippen LogP contribution is 2.37. The number of anilines is 2. The molecule has 1 aliphatic carbocycles. The van der Waals surface area contributed by atoms with E-state index in [4.69, 9.17) is 36.7 Å². The van der Waals surface area contributed by atoms with Crippen LogP contribution in [-0.4, -0.2) is 46.5 Å². The molecule has 1 aliphatic rings. The van der Waals surface area contributed by atoms with Gasteiger partial charge in [0.1, 0.15) is 18.0 Å². The maximum Gasteiger partial charge on any atom is 0.490 e. The lowest BCUT2D eigenvalue weighted by atomic mass is 9.94. The Morgan fingerprint density at radius 2 is 1.81 bits per heavy atom. The van der Waals surface area contributed by atoms with E-state index in [1.165, 1.54) is 18.5 Å². The second-order valence-corrected chi connectivity index (χ2v) is 8.36. The van der Waals surface area contributed by atoms with E-state index in [9.17, 15) is 17.6 Å². The summed E-state index contributed by atoms with van der Waals surface area (Å²) in [4.78, 5) is 17.6. The quantitative estimate of drug-likeness (QED) is 0.372. The van der Waals surface area contributed by atoms with Gasteiger partial charge in [-0.25, -0.2) is 19.2 Å². The Morgan fingerprint density at radius 1 is 1.14 bits per heavy atom. The van der Waals surface area contributed by atoms with Gasteiger partial charge in [0, 0.05) is 23.2 Å². The highest BCUT2D eigenvalue weighted by atomic mass is 35.5. The maximum absolute atomic E-state index is 13.4. The summed E-state index contributed by atoms with van der Waals surface area (Å²) in [6, 6.07) is 8.36. The van der Waals surface area contributed by atoms with Crippen LogP contribution in [-0.2, 0) is 4.79 Å². The van der Waals surface area contributed by atoms with Gasteiger partial charge in [-0.15, -0.1) is 0 Å². The van der Waals surface area contributed by atoms with Gasteiger partial charge in [-0.1, -0.05) is 11.6 Å². The van der Waals surface area contributed by atoms with E-state index >= 15 is 0 Å². The van der Waals surface area contributed by atoms with Gasteiger partial charge in [0.25, 0.3) is 0 Å². The van der Waals surface area contributed by atoms with Gasteiger partial charge in [-0.3, -0.25) is 0 Å². The van der Waals surface area contributed by atoms with Gasteiger partial charge < -0.3 is 25.6 Å². The largest absolute Gasteiger partial charge is 0.493 e. The zero-order valence-electron chi connectivity index (χ0n) is 19.0.